The van der Waals surface area contributed by atoms with Gasteiger partial charge in [-0.25, -0.2) is 4.98 Å². The molecule has 0 aliphatic rings. The first-order chi connectivity index (χ1) is 11.8. The Labute approximate surface area is 140 Å². The number of hydrogen-bond acceptors (Lipinski definition) is 4. The van der Waals surface area contributed by atoms with Crippen molar-refractivity contribution in [2.45, 2.75) is 0 Å². The Bertz CT molecular complexity index is 923. The fourth-order valence-electron chi connectivity index (χ4n) is 2.64. The van der Waals surface area contributed by atoms with Gasteiger partial charge in [-0.05, 0) is 29.8 Å². The maximum Gasteiger partial charge on any atom is 0.216 e. The van der Waals surface area contributed by atoms with Crippen molar-refractivity contribution in [2.24, 2.45) is 4.99 Å². The molecule has 0 saturated heterocycles. The van der Waals surface area contributed by atoms with Gasteiger partial charge in [0.15, 0.2) is 0 Å². The summed E-state index contributed by atoms with van der Waals surface area (Å²) in [6, 6.07) is 6.02. The zero-order valence-corrected chi connectivity index (χ0v) is 13.7. The number of pyridine rings is 2. The SMILES string of the molecule is C=C/C=C(\C(=NC)OC)c1c[nH]c2ncc(-c3ccncc3)cc12. The number of H-pyrrole nitrogens is 1. The summed E-state index contributed by atoms with van der Waals surface area (Å²) in [6.07, 6.45) is 10.9. The van der Waals surface area contributed by atoms with Gasteiger partial charge in [0, 0.05) is 53.9 Å². The van der Waals surface area contributed by atoms with E-state index >= 15 is 0 Å². The van der Waals surface area contributed by atoms with Gasteiger partial charge in [-0.3, -0.25) is 9.98 Å². The molecular formula is C19H18N4O. The first-order valence-electron chi connectivity index (χ1n) is 7.50. The topological polar surface area (TPSA) is 63.2 Å². The van der Waals surface area contributed by atoms with Gasteiger partial charge >= 0.3 is 0 Å². The summed E-state index contributed by atoms with van der Waals surface area (Å²) in [5.41, 5.74) is 4.73. The van der Waals surface area contributed by atoms with Crippen LogP contribution in [-0.4, -0.2) is 35.0 Å². The molecule has 3 heterocycles. The zero-order valence-electron chi connectivity index (χ0n) is 13.7. The van der Waals surface area contributed by atoms with Gasteiger partial charge in [0.05, 0.1) is 7.11 Å². The second-order valence-corrected chi connectivity index (χ2v) is 5.11. The maximum atomic E-state index is 5.39. The summed E-state index contributed by atoms with van der Waals surface area (Å²) in [5, 5.41) is 0.996. The molecule has 0 bridgehead atoms. The van der Waals surface area contributed by atoms with Gasteiger partial charge in [-0.2, -0.15) is 0 Å². The molecule has 0 radical (unpaired) electrons. The van der Waals surface area contributed by atoms with E-state index < -0.39 is 0 Å². The van der Waals surface area contributed by atoms with Crippen LogP contribution in [0.5, 0.6) is 0 Å². The van der Waals surface area contributed by atoms with Gasteiger partial charge < -0.3 is 9.72 Å². The van der Waals surface area contributed by atoms with Crippen LogP contribution in [0, 0.1) is 0 Å². The largest absolute Gasteiger partial charge is 0.481 e. The zero-order chi connectivity index (χ0) is 16.9. The number of allylic oxidation sites excluding steroid dienone is 2. The van der Waals surface area contributed by atoms with Crippen LogP contribution >= 0.6 is 0 Å². The lowest BCUT2D eigenvalue weighted by atomic mass is 10.0. The van der Waals surface area contributed by atoms with E-state index in [-0.39, 0.29) is 0 Å². The molecule has 24 heavy (non-hydrogen) atoms. The van der Waals surface area contributed by atoms with Crippen molar-refractivity contribution in [3.63, 3.8) is 0 Å². The monoisotopic (exact) mass is 318 g/mol. The van der Waals surface area contributed by atoms with E-state index in [9.17, 15) is 0 Å². The number of aliphatic imine (C=N–C) groups is 1. The van der Waals surface area contributed by atoms with Gasteiger partial charge in [-0.1, -0.05) is 12.7 Å². The van der Waals surface area contributed by atoms with Crippen LogP contribution in [0.4, 0.5) is 0 Å². The molecule has 3 aromatic heterocycles. The van der Waals surface area contributed by atoms with Crippen molar-refractivity contribution in [1.82, 2.24) is 15.0 Å². The van der Waals surface area contributed by atoms with Gasteiger partial charge in [0.1, 0.15) is 5.65 Å². The Hall–Kier alpha value is -3.21. The highest BCUT2D eigenvalue weighted by Crippen LogP contribution is 2.29. The number of aromatic nitrogens is 3. The molecule has 3 aromatic rings. The van der Waals surface area contributed by atoms with Crippen LogP contribution in [0.15, 0.2) is 66.7 Å². The summed E-state index contributed by atoms with van der Waals surface area (Å²) in [7, 11) is 3.31. The first-order valence-corrected chi connectivity index (χ1v) is 7.50. The minimum absolute atomic E-state index is 0.546. The van der Waals surface area contributed by atoms with Gasteiger partial charge in [0.2, 0.25) is 5.90 Å². The predicted octanol–water partition coefficient (Wildman–Crippen LogP) is 3.87. The Morgan fingerprint density at radius 3 is 2.75 bits per heavy atom. The summed E-state index contributed by atoms with van der Waals surface area (Å²) in [4.78, 5) is 16.0. The minimum Gasteiger partial charge on any atom is -0.481 e. The molecule has 0 atom stereocenters. The molecule has 5 nitrogen and oxygen atoms in total. The fraction of sp³-hybridized carbons (Fsp3) is 0.105. The lowest BCUT2D eigenvalue weighted by molar-refractivity contribution is 0.408. The lowest BCUT2D eigenvalue weighted by Gasteiger charge is -2.08. The molecule has 0 aliphatic heterocycles. The van der Waals surface area contributed by atoms with E-state index in [2.05, 4.69) is 32.6 Å². The normalized spacial score (nSPS) is 12.4. The van der Waals surface area contributed by atoms with Crippen LogP contribution < -0.4 is 0 Å². The van der Waals surface area contributed by atoms with Crippen LogP contribution in [0.3, 0.4) is 0 Å². The van der Waals surface area contributed by atoms with Crippen molar-refractivity contribution >= 4 is 22.5 Å². The molecule has 0 amide bonds. The number of fused-ring (bicyclic) bond motifs is 1. The number of nitrogens with one attached hydrogen (secondary N) is 1. The Kier molecular flexibility index (Phi) is 4.52. The minimum atomic E-state index is 0.546. The van der Waals surface area contributed by atoms with Gasteiger partial charge in [0.25, 0.3) is 0 Å². The lowest BCUT2D eigenvalue weighted by Crippen LogP contribution is -2.04. The summed E-state index contributed by atoms with van der Waals surface area (Å²) < 4.78 is 5.39. The van der Waals surface area contributed by atoms with Crippen molar-refractivity contribution in [2.75, 3.05) is 14.2 Å². The summed E-state index contributed by atoms with van der Waals surface area (Å²) in [6.45, 7) is 3.79. The van der Waals surface area contributed by atoms with Crippen molar-refractivity contribution in [3.05, 3.63) is 67.3 Å². The molecule has 0 fully saturated rings. The quantitative estimate of drug-likeness (QED) is 0.451. The third-order valence-electron chi connectivity index (χ3n) is 3.75. The van der Waals surface area contributed by atoms with Gasteiger partial charge in [-0.15, -0.1) is 0 Å². The summed E-state index contributed by atoms with van der Waals surface area (Å²) in [5.74, 6) is 0.546. The highest BCUT2D eigenvalue weighted by Gasteiger charge is 2.15. The molecule has 0 saturated carbocycles. The number of aromatic amines is 1. The Morgan fingerprint density at radius 1 is 1.29 bits per heavy atom. The van der Waals surface area contributed by atoms with E-state index in [0.717, 1.165) is 33.3 Å². The second kappa shape index (κ2) is 6.91. The summed E-state index contributed by atoms with van der Waals surface area (Å²) >= 11 is 0. The molecule has 1 N–H and O–H groups in total. The Balaban J connectivity index is 2.18. The van der Waals surface area contributed by atoms with Crippen LogP contribution in [0.1, 0.15) is 5.56 Å². The van der Waals surface area contributed by atoms with Crippen LogP contribution in [0.25, 0.3) is 27.7 Å². The number of nitrogens with zero attached hydrogens (tertiary/aromatic N) is 3. The number of rotatable bonds is 4. The average molecular weight is 318 g/mol. The van der Waals surface area contributed by atoms with E-state index in [1.54, 1.807) is 32.6 Å². The molecule has 0 aromatic carbocycles. The van der Waals surface area contributed by atoms with E-state index in [4.69, 9.17) is 4.74 Å². The molecule has 0 aliphatic carbocycles. The van der Waals surface area contributed by atoms with E-state index in [1.807, 2.05) is 30.6 Å². The molecular weight excluding hydrogens is 300 g/mol. The number of hydrogen-bond donors (Lipinski definition) is 1. The average Bonchev–Trinajstić information content (AvgIpc) is 3.05. The molecule has 3 rings (SSSR count). The standard InChI is InChI=1S/C19H18N4O/c1-4-5-15(19(20-2)24-3)17-12-23-18-16(17)10-14(11-22-18)13-6-8-21-9-7-13/h4-12H,1H2,2-3H3,(H,22,23)/b15-5-,20-19?. The smallest absolute Gasteiger partial charge is 0.216 e. The van der Waals surface area contributed by atoms with Crippen LogP contribution in [0.2, 0.25) is 0 Å². The molecule has 0 spiro atoms. The third kappa shape index (κ3) is 2.84. The van der Waals surface area contributed by atoms with Crippen molar-refractivity contribution in [1.29, 1.82) is 0 Å². The Morgan fingerprint density at radius 2 is 2.08 bits per heavy atom. The molecule has 0 unspecified atom stereocenters. The van der Waals surface area contributed by atoms with Crippen molar-refractivity contribution < 1.29 is 4.74 Å². The third-order valence-corrected chi connectivity index (χ3v) is 3.75. The maximum absolute atomic E-state index is 5.39. The highest BCUT2D eigenvalue weighted by atomic mass is 16.5. The van der Waals surface area contributed by atoms with E-state index in [1.165, 1.54) is 0 Å². The van der Waals surface area contributed by atoms with E-state index in [0.29, 0.717) is 5.90 Å². The predicted molar refractivity (Wildman–Crippen MR) is 97.9 cm³/mol. The van der Waals surface area contributed by atoms with Crippen molar-refractivity contribution in [3.8, 4) is 11.1 Å². The second-order valence-electron chi connectivity index (χ2n) is 5.11. The molecule has 120 valence electrons. The first kappa shape index (κ1) is 15.7. The fourth-order valence-corrected chi connectivity index (χ4v) is 2.64. The highest BCUT2D eigenvalue weighted by molar-refractivity contribution is 6.23. The van der Waals surface area contributed by atoms with Crippen LogP contribution in [-0.2, 0) is 4.74 Å². The number of methoxy groups -OCH3 is 1. The molecule has 5 heteroatoms. The number of ether oxygens (including phenoxy) is 1.